The van der Waals surface area contributed by atoms with E-state index >= 15 is 0 Å². The molecule has 9 nitrogen and oxygen atoms in total. The summed E-state index contributed by atoms with van der Waals surface area (Å²) in [6, 6.07) is 14.5. The Kier molecular flexibility index (Phi) is 9.03. The molecule has 184 valence electrons. The van der Waals surface area contributed by atoms with Crippen LogP contribution in [0.5, 0.6) is 5.75 Å². The van der Waals surface area contributed by atoms with Crippen molar-refractivity contribution in [1.29, 1.82) is 0 Å². The van der Waals surface area contributed by atoms with Crippen LogP contribution in [0.3, 0.4) is 0 Å². The van der Waals surface area contributed by atoms with Crippen molar-refractivity contribution in [3.63, 3.8) is 0 Å². The summed E-state index contributed by atoms with van der Waals surface area (Å²) in [7, 11) is -2.35. The molecule has 2 N–H and O–H groups in total. The molecule has 0 aliphatic carbocycles. The van der Waals surface area contributed by atoms with E-state index in [1.165, 1.54) is 17.5 Å². The van der Waals surface area contributed by atoms with Crippen molar-refractivity contribution in [3.05, 3.63) is 59.7 Å². The second kappa shape index (κ2) is 12.0. The molecule has 0 spiro atoms. The largest absolute Gasteiger partial charge is 0.496 e. The second-order valence-corrected chi connectivity index (χ2v) is 9.87. The highest BCUT2D eigenvalue weighted by Gasteiger charge is 2.35. The predicted molar refractivity (Wildman–Crippen MR) is 127 cm³/mol. The number of aryl methyl sites for hydroxylation is 2. The molecular weight excluding hydrogens is 458 g/mol. The topological polar surface area (TPSA) is 114 Å². The Labute approximate surface area is 200 Å². The molecule has 10 heteroatoms. The Hall–Kier alpha value is -2.95. The fourth-order valence-electron chi connectivity index (χ4n) is 3.73. The molecule has 0 radical (unpaired) electrons. The summed E-state index contributed by atoms with van der Waals surface area (Å²) < 4.78 is 38.5. The molecule has 0 saturated carbocycles. The van der Waals surface area contributed by atoms with Crippen LogP contribution in [0.2, 0.25) is 0 Å². The van der Waals surface area contributed by atoms with Gasteiger partial charge in [-0.1, -0.05) is 30.3 Å². The van der Waals surface area contributed by atoms with Crippen LogP contribution in [0, 0.1) is 6.92 Å². The van der Waals surface area contributed by atoms with Gasteiger partial charge in [-0.3, -0.25) is 9.59 Å². The normalized spacial score (nSPS) is 16.6. The van der Waals surface area contributed by atoms with Crippen molar-refractivity contribution in [1.82, 2.24) is 14.9 Å². The van der Waals surface area contributed by atoms with Crippen molar-refractivity contribution in [2.75, 3.05) is 33.4 Å². The van der Waals surface area contributed by atoms with E-state index < -0.39 is 28.1 Å². The zero-order valence-electron chi connectivity index (χ0n) is 19.5. The third-order valence-corrected chi connectivity index (χ3v) is 7.43. The lowest BCUT2D eigenvalue weighted by molar-refractivity contribution is -0.140. The number of amides is 2. The van der Waals surface area contributed by atoms with Gasteiger partial charge >= 0.3 is 11.8 Å². The Balaban J connectivity index is 1.53. The van der Waals surface area contributed by atoms with Gasteiger partial charge in [-0.15, -0.1) is 0 Å². The molecule has 1 fully saturated rings. The molecule has 3 rings (SSSR count). The summed E-state index contributed by atoms with van der Waals surface area (Å²) in [4.78, 5) is 24.5. The smallest absolute Gasteiger partial charge is 0.309 e. The van der Waals surface area contributed by atoms with E-state index in [2.05, 4.69) is 10.6 Å². The molecule has 2 aromatic carbocycles. The number of hydrogen-bond acceptors (Lipinski definition) is 6. The molecule has 0 aromatic heterocycles. The van der Waals surface area contributed by atoms with E-state index in [9.17, 15) is 18.0 Å². The zero-order valence-corrected chi connectivity index (χ0v) is 20.3. The number of nitrogens with one attached hydrogen (secondary N) is 2. The molecule has 1 atom stereocenters. The van der Waals surface area contributed by atoms with Crippen LogP contribution >= 0.6 is 0 Å². The van der Waals surface area contributed by atoms with Crippen LogP contribution < -0.4 is 15.4 Å². The Morgan fingerprint density at radius 2 is 1.85 bits per heavy atom. The maximum absolute atomic E-state index is 13.2. The van der Waals surface area contributed by atoms with E-state index in [4.69, 9.17) is 9.47 Å². The quantitative estimate of drug-likeness (QED) is 0.409. The van der Waals surface area contributed by atoms with Crippen molar-refractivity contribution in [2.24, 2.45) is 0 Å². The minimum Gasteiger partial charge on any atom is -0.496 e. The first-order valence-corrected chi connectivity index (χ1v) is 12.6. The van der Waals surface area contributed by atoms with Gasteiger partial charge in [0.2, 0.25) is 10.0 Å². The molecule has 1 aliphatic heterocycles. The maximum atomic E-state index is 13.2. The van der Waals surface area contributed by atoms with Crippen molar-refractivity contribution in [2.45, 2.75) is 37.3 Å². The fourth-order valence-corrected chi connectivity index (χ4v) is 5.38. The number of rotatable bonds is 9. The van der Waals surface area contributed by atoms with Gasteiger partial charge in [0.1, 0.15) is 12.0 Å². The molecule has 1 unspecified atom stereocenters. The predicted octanol–water partition coefficient (Wildman–Crippen LogP) is 1.61. The van der Waals surface area contributed by atoms with Gasteiger partial charge < -0.3 is 20.1 Å². The lowest BCUT2D eigenvalue weighted by Crippen LogP contribution is -2.53. The van der Waals surface area contributed by atoms with Crippen LogP contribution in [-0.2, 0) is 30.8 Å². The molecule has 2 aromatic rings. The number of carbonyl (C=O) groups is 2. The summed E-state index contributed by atoms with van der Waals surface area (Å²) in [5.41, 5.74) is 1.85. The fraction of sp³-hybridized carbons (Fsp3) is 0.417. The molecule has 34 heavy (non-hydrogen) atoms. The van der Waals surface area contributed by atoms with E-state index in [1.807, 2.05) is 30.3 Å². The van der Waals surface area contributed by atoms with Gasteiger partial charge in [0.15, 0.2) is 0 Å². The first kappa shape index (κ1) is 25.7. The average molecular weight is 490 g/mol. The lowest BCUT2D eigenvalue weighted by atomic mass is 10.1. The monoisotopic (exact) mass is 489 g/mol. The SMILES string of the molecule is COc1ccc(S(=O)(=O)N2CCCOC2CNC(=O)C(=O)NCCCc2ccccc2)cc1C. The highest BCUT2D eigenvalue weighted by atomic mass is 32.2. The number of benzene rings is 2. The number of carbonyl (C=O) groups excluding carboxylic acids is 2. The minimum atomic E-state index is -3.87. The average Bonchev–Trinajstić information content (AvgIpc) is 2.85. The molecule has 2 amide bonds. The number of hydrogen-bond donors (Lipinski definition) is 2. The summed E-state index contributed by atoms with van der Waals surface area (Å²) in [6.07, 6.45) is 1.11. The van der Waals surface area contributed by atoms with Crippen LogP contribution in [0.15, 0.2) is 53.4 Å². The van der Waals surface area contributed by atoms with Crippen LogP contribution in [0.25, 0.3) is 0 Å². The Bertz CT molecular complexity index is 1090. The van der Waals surface area contributed by atoms with Gasteiger partial charge in [-0.05, 0) is 55.5 Å². The van der Waals surface area contributed by atoms with Crippen molar-refractivity contribution in [3.8, 4) is 5.75 Å². The third-order valence-electron chi connectivity index (χ3n) is 5.54. The van der Waals surface area contributed by atoms with Gasteiger partial charge in [-0.25, -0.2) is 8.42 Å². The molecule has 1 saturated heterocycles. The maximum Gasteiger partial charge on any atom is 0.309 e. The lowest BCUT2D eigenvalue weighted by Gasteiger charge is -2.34. The van der Waals surface area contributed by atoms with Crippen molar-refractivity contribution < 1.29 is 27.5 Å². The van der Waals surface area contributed by atoms with Crippen LogP contribution in [0.4, 0.5) is 0 Å². The minimum absolute atomic E-state index is 0.115. The number of nitrogens with zero attached hydrogens (tertiary/aromatic N) is 1. The number of sulfonamides is 1. The van der Waals surface area contributed by atoms with Gasteiger partial charge in [0.05, 0.1) is 25.2 Å². The molecule has 1 heterocycles. The van der Waals surface area contributed by atoms with Crippen LogP contribution in [0.1, 0.15) is 24.0 Å². The number of methoxy groups -OCH3 is 1. The Morgan fingerprint density at radius 3 is 2.56 bits per heavy atom. The first-order valence-electron chi connectivity index (χ1n) is 11.2. The second-order valence-electron chi connectivity index (χ2n) is 7.98. The summed E-state index contributed by atoms with van der Waals surface area (Å²) in [6.45, 7) is 2.60. The van der Waals surface area contributed by atoms with Crippen molar-refractivity contribution >= 4 is 21.8 Å². The van der Waals surface area contributed by atoms with Gasteiger partial charge in [-0.2, -0.15) is 4.31 Å². The van der Waals surface area contributed by atoms with Gasteiger partial charge in [0.25, 0.3) is 0 Å². The summed E-state index contributed by atoms with van der Waals surface area (Å²) in [5.74, 6) is -0.997. The molecule has 1 aliphatic rings. The zero-order chi connectivity index (χ0) is 24.6. The highest BCUT2D eigenvalue weighted by Crippen LogP contribution is 2.26. The van der Waals surface area contributed by atoms with Gasteiger partial charge in [0, 0.05) is 13.1 Å². The highest BCUT2D eigenvalue weighted by molar-refractivity contribution is 7.89. The molecule has 0 bridgehead atoms. The van der Waals surface area contributed by atoms with E-state index in [0.29, 0.717) is 37.3 Å². The Morgan fingerprint density at radius 1 is 1.12 bits per heavy atom. The first-order chi connectivity index (χ1) is 16.3. The number of ether oxygens (including phenoxy) is 2. The third kappa shape index (κ3) is 6.55. The summed E-state index contributed by atoms with van der Waals surface area (Å²) >= 11 is 0. The van der Waals surface area contributed by atoms with E-state index in [0.717, 1.165) is 12.0 Å². The standard InChI is InChI=1S/C24H31N3O6S/c1-18-16-20(11-12-21(18)32-2)34(30,31)27-14-7-15-33-22(27)17-26-24(29)23(28)25-13-6-10-19-8-4-3-5-9-19/h3-5,8-9,11-12,16,22H,6-7,10,13-15,17H2,1-2H3,(H,25,28)(H,26,29). The van der Waals surface area contributed by atoms with E-state index in [-0.39, 0.29) is 18.0 Å². The summed E-state index contributed by atoms with van der Waals surface area (Å²) in [5, 5.41) is 5.08. The van der Waals surface area contributed by atoms with E-state index in [1.54, 1.807) is 19.1 Å². The van der Waals surface area contributed by atoms with Crippen LogP contribution in [-0.4, -0.2) is 64.1 Å². The molecular formula is C24H31N3O6S.